The zero-order chi connectivity index (χ0) is 12.5. The second-order valence-electron chi connectivity index (χ2n) is 5.99. The van der Waals surface area contributed by atoms with Gasteiger partial charge in [0.15, 0.2) is 0 Å². The quantitative estimate of drug-likeness (QED) is 0.827. The lowest BCUT2D eigenvalue weighted by atomic mass is 9.72. The molecular weight excluding hydrogens is 208 g/mol. The van der Waals surface area contributed by atoms with Crippen molar-refractivity contribution >= 4 is 0 Å². The Bertz CT molecular complexity index is 383. The highest BCUT2D eigenvalue weighted by atomic mass is 16.3. The van der Waals surface area contributed by atoms with Crippen molar-refractivity contribution in [1.29, 1.82) is 0 Å². The summed E-state index contributed by atoms with van der Waals surface area (Å²) in [5.74, 6) is 1.25. The Morgan fingerprint density at radius 3 is 2.76 bits per heavy atom. The summed E-state index contributed by atoms with van der Waals surface area (Å²) in [5.41, 5.74) is 1.96. The summed E-state index contributed by atoms with van der Waals surface area (Å²) < 4.78 is 0. The summed E-state index contributed by atoms with van der Waals surface area (Å²) in [7, 11) is 0. The largest absolute Gasteiger partial charge is 0.385 e. The first-order valence-corrected chi connectivity index (χ1v) is 6.85. The smallest absolute Gasteiger partial charge is 0.0899 e. The Balaban J connectivity index is 2.28. The summed E-state index contributed by atoms with van der Waals surface area (Å²) in [6, 6.07) is 8.44. The molecule has 1 heteroatoms. The molecule has 0 bridgehead atoms. The fraction of sp³-hybridized carbons (Fsp3) is 0.625. The molecule has 0 amide bonds. The van der Waals surface area contributed by atoms with Crippen LogP contribution in [-0.4, -0.2) is 5.11 Å². The monoisotopic (exact) mass is 232 g/mol. The molecule has 94 valence electrons. The molecule has 1 N–H and O–H groups in total. The van der Waals surface area contributed by atoms with Gasteiger partial charge in [0, 0.05) is 0 Å². The van der Waals surface area contributed by atoms with E-state index in [1.54, 1.807) is 0 Å². The van der Waals surface area contributed by atoms with Crippen LogP contribution in [0.3, 0.4) is 0 Å². The van der Waals surface area contributed by atoms with E-state index < -0.39 is 5.60 Å². The maximum absolute atomic E-state index is 10.9. The fourth-order valence-electron chi connectivity index (χ4n) is 2.88. The van der Waals surface area contributed by atoms with Gasteiger partial charge in [-0.05, 0) is 48.6 Å². The van der Waals surface area contributed by atoms with Crippen LogP contribution < -0.4 is 0 Å². The molecule has 0 saturated carbocycles. The summed E-state index contributed by atoms with van der Waals surface area (Å²) in [6.07, 6.45) is 4.01. The number of aliphatic hydroxyl groups is 1. The van der Waals surface area contributed by atoms with Crippen molar-refractivity contribution in [2.24, 2.45) is 5.92 Å². The molecule has 2 unspecified atom stereocenters. The molecule has 0 radical (unpaired) electrons. The summed E-state index contributed by atoms with van der Waals surface area (Å²) in [4.78, 5) is 0. The van der Waals surface area contributed by atoms with Gasteiger partial charge in [-0.2, -0.15) is 0 Å². The fourth-order valence-corrected chi connectivity index (χ4v) is 2.88. The molecule has 1 aromatic carbocycles. The van der Waals surface area contributed by atoms with Crippen LogP contribution in [0.5, 0.6) is 0 Å². The van der Waals surface area contributed by atoms with E-state index in [1.807, 2.05) is 0 Å². The minimum atomic E-state index is -0.576. The van der Waals surface area contributed by atoms with Gasteiger partial charge in [0.2, 0.25) is 0 Å². The van der Waals surface area contributed by atoms with Gasteiger partial charge in [-0.1, -0.05) is 45.0 Å². The van der Waals surface area contributed by atoms with Crippen LogP contribution in [0.25, 0.3) is 0 Å². The molecule has 0 heterocycles. The molecule has 0 aliphatic heterocycles. The Morgan fingerprint density at radius 2 is 2.06 bits per heavy atom. The van der Waals surface area contributed by atoms with Crippen molar-refractivity contribution in [3.63, 3.8) is 0 Å². The first-order chi connectivity index (χ1) is 8.03. The SMILES string of the molecule is CC(C)CCC1(O)CCC(C)c2ccccc21. The van der Waals surface area contributed by atoms with Crippen LogP contribution in [0.4, 0.5) is 0 Å². The molecule has 0 spiro atoms. The third kappa shape index (κ3) is 2.55. The first kappa shape index (κ1) is 12.6. The Kier molecular flexibility index (Phi) is 3.58. The Morgan fingerprint density at radius 1 is 1.35 bits per heavy atom. The minimum absolute atomic E-state index is 0.576. The van der Waals surface area contributed by atoms with Gasteiger partial charge >= 0.3 is 0 Å². The number of hydrogen-bond acceptors (Lipinski definition) is 1. The van der Waals surface area contributed by atoms with Gasteiger partial charge in [0.25, 0.3) is 0 Å². The molecule has 17 heavy (non-hydrogen) atoms. The Hall–Kier alpha value is -0.820. The summed E-state index contributed by atoms with van der Waals surface area (Å²) in [5, 5.41) is 10.9. The maximum Gasteiger partial charge on any atom is 0.0899 e. The second kappa shape index (κ2) is 4.81. The number of fused-ring (bicyclic) bond motifs is 1. The maximum atomic E-state index is 10.9. The predicted octanol–water partition coefficient (Wildman–Crippen LogP) is 4.21. The lowest BCUT2D eigenvalue weighted by Crippen LogP contribution is -2.32. The molecular formula is C16H24O. The summed E-state index contributed by atoms with van der Waals surface area (Å²) in [6.45, 7) is 6.71. The molecule has 2 atom stereocenters. The highest BCUT2D eigenvalue weighted by Crippen LogP contribution is 2.43. The minimum Gasteiger partial charge on any atom is -0.385 e. The molecule has 1 aliphatic rings. The predicted molar refractivity (Wildman–Crippen MR) is 72.1 cm³/mol. The Labute approximate surface area is 105 Å². The molecule has 1 aliphatic carbocycles. The van der Waals surface area contributed by atoms with Gasteiger partial charge in [0.1, 0.15) is 0 Å². The van der Waals surface area contributed by atoms with E-state index in [-0.39, 0.29) is 0 Å². The van der Waals surface area contributed by atoms with E-state index in [4.69, 9.17) is 0 Å². The average molecular weight is 232 g/mol. The van der Waals surface area contributed by atoms with Crippen LogP contribution in [0.1, 0.15) is 63.5 Å². The van der Waals surface area contributed by atoms with Crippen molar-refractivity contribution in [2.45, 2.75) is 58.0 Å². The molecule has 2 rings (SSSR count). The number of rotatable bonds is 3. The lowest BCUT2D eigenvalue weighted by Gasteiger charge is -2.37. The normalized spacial score (nSPS) is 28.2. The third-order valence-corrected chi connectivity index (χ3v) is 4.12. The molecule has 0 saturated heterocycles. The van der Waals surface area contributed by atoms with Crippen molar-refractivity contribution in [3.05, 3.63) is 35.4 Å². The number of benzene rings is 1. The number of hydrogen-bond donors (Lipinski definition) is 1. The molecule has 0 aromatic heterocycles. The van der Waals surface area contributed by atoms with E-state index in [9.17, 15) is 5.11 Å². The topological polar surface area (TPSA) is 20.2 Å². The van der Waals surface area contributed by atoms with Crippen LogP contribution in [0.2, 0.25) is 0 Å². The van der Waals surface area contributed by atoms with Crippen molar-refractivity contribution in [1.82, 2.24) is 0 Å². The lowest BCUT2D eigenvalue weighted by molar-refractivity contribution is 0.00231. The highest BCUT2D eigenvalue weighted by Gasteiger charge is 2.36. The molecule has 1 aromatic rings. The van der Waals surface area contributed by atoms with Crippen molar-refractivity contribution in [2.75, 3.05) is 0 Å². The van der Waals surface area contributed by atoms with E-state index in [1.165, 1.54) is 11.1 Å². The van der Waals surface area contributed by atoms with Crippen molar-refractivity contribution in [3.8, 4) is 0 Å². The van der Waals surface area contributed by atoms with E-state index in [2.05, 4.69) is 45.0 Å². The average Bonchev–Trinajstić information content (AvgIpc) is 2.32. The first-order valence-electron chi connectivity index (χ1n) is 6.85. The zero-order valence-corrected chi connectivity index (χ0v) is 11.2. The third-order valence-electron chi connectivity index (χ3n) is 4.12. The van der Waals surface area contributed by atoms with Crippen LogP contribution in [0.15, 0.2) is 24.3 Å². The zero-order valence-electron chi connectivity index (χ0n) is 11.2. The van der Waals surface area contributed by atoms with Crippen LogP contribution >= 0.6 is 0 Å². The molecule has 0 fully saturated rings. The van der Waals surface area contributed by atoms with Gasteiger partial charge in [-0.15, -0.1) is 0 Å². The summed E-state index contributed by atoms with van der Waals surface area (Å²) >= 11 is 0. The van der Waals surface area contributed by atoms with Gasteiger partial charge in [-0.25, -0.2) is 0 Å². The van der Waals surface area contributed by atoms with E-state index in [0.717, 1.165) is 25.7 Å². The van der Waals surface area contributed by atoms with Crippen LogP contribution in [-0.2, 0) is 5.60 Å². The van der Waals surface area contributed by atoms with E-state index >= 15 is 0 Å². The molecule has 1 nitrogen and oxygen atoms in total. The van der Waals surface area contributed by atoms with Crippen molar-refractivity contribution < 1.29 is 5.11 Å². The second-order valence-corrected chi connectivity index (χ2v) is 5.99. The van der Waals surface area contributed by atoms with Gasteiger partial charge < -0.3 is 5.11 Å². The standard InChI is InChI=1S/C16H24O/c1-12(2)8-10-16(17)11-9-13(3)14-6-4-5-7-15(14)16/h4-7,12-13,17H,8-11H2,1-3H3. The van der Waals surface area contributed by atoms with Gasteiger partial charge in [-0.3, -0.25) is 0 Å². The van der Waals surface area contributed by atoms with E-state index in [0.29, 0.717) is 11.8 Å². The van der Waals surface area contributed by atoms with Crippen LogP contribution in [0, 0.1) is 5.92 Å². The highest BCUT2D eigenvalue weighted by molar-refractivity contribution is 5.37. The van der Waals surface area contributed by atoms with Gasteiger partial charge in [0.05, 0.1) is 5.60 Å².